The third-order valence-electron chi connectivity index (χ3n) is 4.40. The Labute approximate surface area is 157 Å². The van der Waals surface area contributed by atoms with Crippen molar-refractivity contribution in [2.75, 3.05) is 18.4 Å². The van der Waals surface area contributed by atoms with Crippen LogP contribution in [0.15, 0.2) is 48.5 Å². The van der Waals surface area contributed by atoms with Crippen molar-refractivity contribution in [3.63, 3.8) is 0 Å². The molecule has 0 aliphatic carbocycles. The maximum Gasteiger partial charge on any atom is 0.256 e. The number of carbonyl (C=O) groups excluding carboxylic acids is 2. The van der Waals surface area contributed by atoms with E-state index in [2.05, 4.69) is 5.32 Å². The molecule has 1 saturated heterocycles. The molecule has 1 aliphatic rings. The van der Waals surface area contributed by atoms with Crippen LogP contribution in [0.4, 0.5) is 10.1 Å². The average Bonchev–Trinajstić information content (AvgIpc) is 2.98. The minimum atomic E-state index is -0.615. The lowest BCUT2D eigenvalue weighted by molar-refractivity contribution is -0.114. The van der Waals surface area contributed by atoms with Crippen LogP contribution in [0.3, 0.4) is 0 Å². The molecule has 1 aliphatic heterocycles. The SMILES string of the molecule is CC(=O)Nc1ccc(F)c(C(=O)N2C[C@@H](N)[C@H](c3ccccc3)C2)c1.Cl. The highest BCUT2D eigenvalue weighted by Crippen LogP contribution is 2.28. The van der Waals surface area contributed by atoms with E-state index in [1.165, 1.54) is 25.1 Å². The molecule has 2 aromatic rings. The van der Waals surface area contributed by atoms with E-state index in [1.807, 2.05) is 30.3 Å². The number of likely N-dealkylation sites (tertiary alicyclic amines) is 1. The molecule has 1 fully saturated rings. The zero-order chi connectivity index (χ0) is 18.0. The Morgan fingerprint density at radius 2 is 1.85 bits per heavy atom. The van der Waals surface area contributed by atoms with Crippen LogP contribution in [0, 0.1) is 5.82 Å². The number of hydrogen-bond donors (Lipinski definition) is 2. The predicted octanol–water partition coefficient (Wildman–Crippen LogP) is 2.77. The molecule has 0 aromatic heterocycles. The fraction of sp³-hybridized carbons (Fsp3) is 0.263. The van der Waals surface area contributed by atoms with Gasteiger partial charge in [-0.2, -0.15) is 0 Å². The highest BCUT2D eigenvalue weighted by Gasteiger charge is 2.35. The molecule has 5 nitrogen and oxygen atoms in total. The van der Waals surface area contributed by atoms with Crippen molar-refractivity contribution in [2.24, 2.45) is 5.73 Å². The van der Waals surface area contributed by atoms with Crippen molar-refractivity contribution in [3.8, 4) is 0 Å². The fourth-order valence-corrected chi connectivity index (χ4v) is 3.19. The predicted molar refractivity (Wildman–Crippen MR) is 101 cm³/mol. The highest BCUT2D eigenvalue weighted by atomic mass is 35.5. The van der Waals surface area contributed by atoms with Gasteiger partial charge in [-0.1, -0.05) is 30.3 Å². The number of halogens is 2. The number of amides is 2. The van der Waals surface area contributed by atoms with Crippen LogP contribution < -0.4 is 11.1 Å². The molecule has 0 bridgehead atoms. The van der Waals surface area contributed by atoms with Crippen molar-refractivity contribution in [1.82, 2.24) is 4.90 Å². The summed E-state index contributed by atoms with van der Waals surface area (Å²) in [6.07, 6.45) is 0. The Kier molecular flexibility index (Phi) is 6.34. The van der Waals surface area contributed by atoms with Crippen molar-refractivity contribution < 1.29 is 14.0 Å². The number of carbonyl (C=O) groups is 2. The number of nitrogens with two attached hydrogens (primary N) is 1. The topological polar surface area (TPSA) is 75.4 Å². The Morgan fingerprint density at radius 1 is 1.15 bits per heavy atom. The molecule has 1 heterocycles. The van der Waals surface area contributed by atoms with E-state index in [-0.39, 0.29) is 35.8 Å². The summed E-state index contributed by atoms with van der Waals surface area (Å²) in [5.74, 6) is -1.29. The van der Waals surface area contributed by atoms with E-state index in [0.29, 0.717) is 18.8 Å². The van der Waals surface area contributed by atoms with Gasteiger partial charge in [-0.15, -0.1) is 12.4 Å². The quantitative estimate of drug-likeness (QED) is 0.863. The molecule has 0 radical (unpaired) electrons. The minimum absolute atomic E-state index is 0. The summed E-state index contributed by atoms with van der Waals surface area (Å²) in [5.41, 5.74) is 7.60. The van der Waals surface area contributed by atoms with E-state index in [9.17, 15) is 14.0 Å². The fourth-order valence-electron chi connectivity index (χ4n) is 3.19. The van der Waals surface area contributed by atoms with Crippen LogP contribution in [0.2, 0.25) is 0 Å². The van der Waals surface area contributed by atoms with Crippen LogP contribution in [0.1, 0.15) is 28.8 Å². The number of rotatable bonds is 3. The molecule has 3 N–H and O–H groups in total. The molecule has 2 atom stereocenters. The smallest absolute Gasteiger partial charge is 0.256 e. The number of nitrogens with zero attached hydrogens (tertiary/aromatic N) is 1. The van der Waals surface area contributed by atoms with Gasteiger partial charge in [-0.25, -0.2) is 4.39 Å². The Hall–Kier alpha value is -2.44. The molecule has 26 heavy (non-hydrogen) atoms. The van der Waals surface area contributed by atoms with E-state index in [4.69, 9.17) is 5.73 Å². The third kappa shape index (κ3) is 4.20. The van der Waals surface area contributed by atoms with Crippen molar-refractivity contribution in [3.05, 3.63) is 65.5 Å². The average molecular weight is 378 g/mol. The summed E-state index contributed by atoms with van der Waals surface area (Å²) in [5, 5.41) is 2.56. The lowest BCUT2D eigenvalue weighted by atomic mass is 9.95. The number of hydrogen-bond acceptors (Lipinski definition) is 3. The first-order valence-electron chi connectivity index (χ1n) is 8.12. The summed E-state index contributed by atoms with van der Waals surface area (Å²) in [7, 11) is 0. The molecule has 7 heteroatoms. The first-order valence-corrected chi connectivity index (χ1v) is 8.12. The Bertz CT molecular complexity index is 801. The second kappa shape index (κ2) is 8.29. The zero-order valence-corrected chi connectivity index (χ0v) is 15.1. The largest absolute Gasteiger partial charge is 0.336 e. The van der Waals surface area contributed by atoms with Gasteiger partial charge in [0.25, 0.3) is 5.91 Å². The minimum Gasteiger partial charge on any atom is -0.336 e. The normalized spacial score (nSPS) is 19.0. The molecular formula is C19H21ClFN3O2. The first-order chi connectivity index (χ1) is 12.0. The van der Waals surface area contributed by atoms with Crippen LogP contribution in [-0.2, 0) is 4.79 Å². The van der Waals surface area contributed by atoms with Gasteiger partial charge in [-0.05, 0) is 23.8 Å². The van der Waals surface area contributed by atoms with Gasteiger partial charge in [0.05, 0.1) is 5.56 Å². The summed E-state index contributed by atoms with van der Waals surface area (Å²) < 4.78 is 14.1. The second-order valence-electron chi connectivity index (χ2n) is 6.27. The summed E-state index contributed by atoms with van der Waals surface area (Å²) in [6, 6.07) is 13.5. The van der Waals surface area contributed by atoms with E-state index in [0.717, 1.165) is 5.56 Å². The maximum atomic E-state index is 14.1. The third-order valence-corrected chi connectivity index (χ3v) is 4.40. The maximum absolute atomic E-state index is 14.1. The number of anilines is 1. The monoisotopic (exact) mass is 377 g/mol. The van der Waals surface area contributed by atoms with Gasteiger partial charge < -0.3 is 16.0 Å². The lowest BCUT2D eigenvalue weighted by Crippen LogP contribution is -2.32. The second-order valence-corrected chi connectivity index (χ2v) is 6.27. The molecule has 2 amide bonds. The molecule has 0 spiro atoms. The summed E-state index contributed by atoms with van der Waals surface area (Å²) in [6.45, 7) is 2.16. The molecule has 0 unspecified atom stereocenters. The number of benzene rings is 2. The van der Waals surface area contributed by atoms with Gasteiger partial charge in [-0.3, -0.25) is 9.59 Å². The van der Waals surface area contributed by atoms with Gasteiger partial charge in [0.2, 0.25) is 5.91 Å². The molecule has 2 aromatic carbocycles. The van der Waals surface area contributed by atoms with Crippen LogP contribution in [-0.4, -0.2) is 35.8 Å². The lowest BCUT2D eigenvalue weighted by Gasteiger charge is -2.17. The molecule has 138 valence electrons. The Morgan fingerprint density at radius 3 is 2.50 bits per heavy atom. The van der Waals surface area contributed by atoms with Crippen molar-refractivity contribution in [1.29, 1.82) is 0 Å². The van der Waals surface area contributed by atoms with Crippen LogP contribution >= 0.6 is 12.4 Å². The van der Waals surface area contributed by atoms with Crippen molar-refractivity contribution in [2.45, 2.75) is 18.9 Å². The van der Waals surface area contributed by atoms with Gasteiger partial charge >= 0.3 is 0 Å². The Balaban J connectivity index is 0.00000243. The van der Waals surface area contributed by atoms with E-state index in [1.54, 1.807) is 4.90 Å². The van der Waals surface area contributed by atoms with Crippen LogP contribution in [0.25, 0.3) is 0 Å². The zero-order valence-electron chi connectivity index (χ0n) is 14.3. The van der Waals surface area contributed by atoms with Gasteiger partial charge in [0.1, 0.15) is 5.82 Å². The summed E-state index contributed by atoms with van der Waals surface area (Å²) >= 11 is 0. The van der Waals surface area contributed by atoms with E-state index >= 15 is 0 Å². The molecule has 3 rings (SSSR count). The van der Waals surface area contributed by atoms with Gasteiger partial charge in [0.15, 0.2) is 0 Å². The van der Waals surface area contributed by atoms with Gasteiger partial charge in [0, 0.05) is 37.7 Å². The standard InChI is InChI=1S/C19H20FN3O2.ClH/c1-12(24)22-14-7-8-17(20)15(9-14)19(25)23-10-16(18(21)11-23)13-5-3-2-4-6-13;/h2-9,16,18H,10-11,21H2,1H3,(H,22,24);1H/t16-,18+;/m0./s1. The highest BCUT2D eigenvalue weighted by molar-refractivity contribution is 5.97. The van der Waals surface area contributed by atoms with Crippen molar-refractivity contribution >= 4 is 29.9 Å². The molecular weight excluding hydrogens is 357 g/mol. The first kappa shape index (κ1) is 19.9. The number of nitrogens with one attached hydrogen (secondary N) is 1. The van der Waals surface area contributed by atoms with Crippen LogP contribution in [0.5, 0.6) is 0 Å². The van der Waals surface area contributed by atoms with E-state index < -0.39 is 11.7 Å². The summed E-state index contributed by atoms with van der Waals surface area (Å²) in [4.78, 5) is 25.5. The molecule has 0 saturated carbocycles.